The lowest BCUT2D eigenvalue weighted by molar-refractivity contribution is 0.0949. The van der Waals surface area contributed by atoms with Crippen LogP contribution in [0.4, 0.5) is 0 Å². The van der Waals surface area contributed by atoms with Crippen LogP contribution in [0.25, 0.3) is 0 Å². The molecule has 0 aliphatic carbocycles. The average Bonchev–Trinajstić information content (AvgIpc) is 2.16. The Morgan fingerprint density at radius 3 is 2.80 bits per heavy atom. The van der Waals surface area contributed by atoms with Gasteiger partial charge in [0.2, 0.25) is 0 Å². The van der Waals surface area contributed by atoms with Gasteiger partial charge in [0.15, 0.2) is 0 Å². The Kier molecular flexibility index (Phi) is 3.46. The fraction of sp³-hybridized carbons (Fsp3) is 0.222. The van der Waals surface area contributed by atoms with Gasteiger partial charge in [-0.1, -0.05) is 0 Å². The molecule has 1 aromatic rings. The summed E-state index contributed by atoms with van der Waals surface area (Å²) in [6.45, 7) is 0.296. The van der Waals surface area contributed by atoms with E-state index in [0.717, 1.165) is 6.07 Å². The van der Waals surface area contributed by atoms with Gasteiger partial charge in [-0.15, -0.1) is 12.3 Å². The van der Waals surface area contributed by atoms with Crippen LogP contribution in [0.1, 0.15) is 16.9 Å². The van der Waals surface area contributed by atoms with Gasteiger partial charge in [-0.25, -0.2) is 4.79 Å². The fourth-order valence-corrected chi connectivity index (χ4v) is 0.934. The first kappa shape index (κ1) is 10.8. The number of amides is 1. The van der Waals surface area contributed by atoms with E-state index >= 15 is 0 Å². The summed E-state index contributed by atoms with van der Waals surface area (Å²) >= 11 is 0. The Hall–Kier alpha value is -2.29. The van der Waals surface area contributed by atoms with E-state index in [-0.39, 0.29) is 5.69 Å². The highest BCUT2D eigenvalue weighted by Crippen LogP contribution is 1.85. The van der Waals surface area contributed by atoms with Crippen molar-refractivity contribution in [3.05, 3.63) is 32.6 Å². The molecule has 0 fully saturated rings. The molecule has 6 heteroatoms. The van der Waals surface area contributed by atoms with Crippen molar-refractivity contribution in [2.24, 2.45) is 0 Å². The number of aromatic nitrogens is 2. The minimum absolute atomic E-state index is 0.0826. The monoisotopic (exact) mass is 207 g/mol. The second kappa shape index (κ2) is 4.81. The largest absolute Gasteiger partial charge is 0.350 e. The maximum absolute atomic E-state index is 11.3. The Morgan fingerprint density at radius 1 is 1.47 bits per heavy atom. The molecule has 1 amide bonds. The van der Waals surface area contributed by atoms with Crippen molar-refractivity contribution in [2.75, 3.05) is 6.54 Å². The van der Waals surface area contributed by atoms with E-state index < -0.39 is 17.2 Å². The smallest absolute Gasteiger partial charge is 0.326 e. The van der Waals surface area contributed by atoms with Gasteiger partial charge in [-0.3, -0.25) is 14.6 Å². The number of H-pyrrole nitrogens is 2. The molecule has 0 aromatic carbocycles. The van der Waals surface area contributed by atoms with Crippen molar-refractivity contribution < 1.29 is 4.79 Å². The van der Waals surface area contributed by atoms with Gasteiger partial charge < -0.3 is 10.3 Å². The van der Waals surface area contributed by atoms with Crippen LogP contribution in [0.2, 0.25) is 0 Å². The number of carbonyl (C=O) groups is 1. The minimum Gasteiger partial charge on any atom is -0.350 e. The number of terminal acetylenes is 1. The summed E-state index contributed by atoms with van der Waals surface area (Å²) in [6, 6.07) is 1.01. The quantitative estimate of drug-likeness (QED) is 0.430. The predicted molar refractivity (Wildman–Crippen MR) is 53.5 cm³/mol. The third-order valence-electron chi connectivity index (χ3n) is 1.56. The topological polar surface area (TPSA) is 94.8 Å². The standard InChI is InChI=1S/C9H9N3O3/c1-2-3-4-10-8(14)6-5-7(13)12-9(15)11-6/h1,5H,3-4H2,(H,10,14)(H2,11,12,13,15). The molecule has 6 nitrogen and oxygen atoms in total. The van der Waals surface area contributed by atoms with Crippen LogP contribution in [-0.2, 0) is 0 Å². The number of rotatable bonds is 3. The summed E-state index contributed by atoms with van der Waals surface area (Å²) in [7, 11) is 0. The summed E-state index contributed by atoms with van der Waals surface area (Å²) < 4.78 is 0. The van der Waals surface area contributed by atoms with Crippen LogP contribution in [-0.4, -0.2) is 22.4 Å². The summed E-state index contributed by atoms with van der Waals surface area (Å²) in [5.74, 6) is 1.81. The Balaban J connectivity index is 2.79. The summed E-state index contributed by atoms with van der Waals surface area (Å²) in [5, 5.41) is 2.45. The van der Waals surface area contributed by atoms with Crippen LogP contribution in [0.15, 0.2) is 15.7 Å². The van der Waals surface area contributed by atoms with Gasteiger partial charge in [0.25, 0.3) is 11.5 Å². The van der Waals surface area contributed by atoms with Crippen molar-refractivity contribution in [3.63, 3.8) is 0 Å². The summed E-state index contributed by atoms with van der Waals surface area (Å²) in [6.07, 6.45) is 5.38. The van der Waals surface area contributed by atoms with E-state index in [4.69, 9.17) is 6.42 Å². The summed E-state index contributed by atoms with van der Waals surface area (Å²) in [4.78, 5) is 37.2. The molecule has 0 radical (unpaired) electrons. The van der Waals surface area contributed by atoms with Crippen molar-refractivity contribution >= 4 is 5.91 Å². The number of hydrogen-bond donors (Lipinski definition) is 3. The maximum atomic E-state index is 11.3. The third-order valence-corrected chi connectivity index (χ3v) is 1.56. The molecule has 1 heterocycles. The third kappa shape index (κ3) is 3.15. The van der Waals surface area contributed by atoms with Crippen molar-refractivity contribution in [1.82, 2.24) is 15.3 Å². The van der Waals surface area contributed by atoms with Gasteiger partial charge in [0.05, 0.1) is 0 Å². The van der Waals surface area contributed by atoms with Gasteiger partial charge >= 0.3 is 5.69 Å². The zero-order valence-electron chi connectivity index (χ0n) is 7.79. The van der Waals surface area contributed by atoms with E-state index in [0.29, 0.717) is 13.0 Å². The van der Waals surface area contributed by atoms with Gasteiger partial charge in [0.1, 0.15) is 5.69 Å². The predicted octanol–water partition coefficient (Wildman–Crippen LogP) is -1.18. The highest BCUT2D eigenvalue weighted by molar-refractivity contribution is 5.91. The molecule has 3 N–H and O–H groups in total. The van der Waals surface area contributed by atoms with Crippen LogP contribution in [0.3, 0.4) is 0 Å². The molecular formula is C9H9N3O3. The van der Waals surface area contributed by atoms with Gasteiger partial charge in [0, 0.05) is 19.0 Å². The first-order valence-corrected chi connectivity index (χ1v) is 4.19. The van der Waals surface area contributed by atoms with E-state index in [9.17, 15) is 14.4 Å². The minimum atomic E-state index is -0.718. The van der Waals surface area contributed by atoms with Crippen LogP contribution in [0, 0.1) is 12.3 Å². The fourth-order valence-electron chi connectivity index (χ4n) is 0.934. The second-order valence-corrected chi connectivity index (χ2v) is 2.71. The van der Waals surface area contributed by atoms with Gasteiger partial charge in [-0.05, 0) is 0 Å². The Bertz CT molecular complexity index is 478. The highest BCUT2D eigenvalue weighted by atomic mass is 16.2. The molecule has 78 valence electrons. The molecule has 0 atom stereocenters. The Morgan fingerprint density at radius 2 is 2.20 bits per heavy atom. The van der Waals surface area contributed by atoms with Gasteiger partial charge in [-0.2, -0.15) is 0 Å². The van der Waals surface area contributed by atoms with E-state index in [1.165, 1.54) is 0 Å². The van der Waals surface area contributed by atoms with Crippen molar-refractivity contribution in [3.8, 4) is 12.3 Å². The lowest BCUT2D eigenvalue weighted by atomic mass is 10.3. The molecule has 0 aliphatic rings. The number of nitrogens with one attached hydrogen (secondary N) is 3. The summed E-state index contributed by atoms with van der Waals surface area (Å²) in [5.41, 5.74) is -1.42. The van der Waals surface area contributed by atoms with E-state index in [1.807, 2.05) is 4.98 Å². The Labute approximate surface area is 84.7 Å². The highest BCUT2D eigenvalue weighted by Gasteiger charge is 2.06. The van der Waals surface area contributed by atoms with E-state index in [2.05, 4.69) is 16.2 Å². The number of hydrogen-bond acceptors (Lipinski definition) is 3. The molecule has 0 aliphatic heterocycles. The number of carbonyl (C=O) groups excluding carboxylic acids is 1. The molecule has 1 aromatic heterocycles. The molecule has 0 spiro atoms. The normalized spacial score (nSPS) is 9.27. The molecule has 0 saturated carbocycles. The maximum Gasteiger partial charge on any atom is 0.326 e. The lowest BCUT2D eigenvalue weighted by Gasteiger charge is -2.01. The lowest BCUT2D eigenvalue weighted by Crippen LogP contribution is -2.31. The molecule has 15 heavy (non-hydrogen) atoms. The second-order valence-electron chi connectivity index (χ2n) is 2.71. The van der Waals surface area contributed by atoms with Crippen LogP contribution >= 0.6 is 0 Å². The van der Waals surface area contributed by atoms with Crippen LogP contribution < -0.4 is 16.6 Å². The van der Waals surface area contributed by atoms with Crippen molar-refractivity contribution in [1.29, 1.82) is 0 Å². The number of aromatic amines is 2. The molecule has 1 rings (SSSR count). The zero-order valence-corrected chi connectivity index (χ0v) is 7.79. The SMILES string of the molecule is C#CCCNC(=O)c1cc(=O)[nH]c(=O)[nH]1. The zero-order chi connectivity index (χ0) is 11.3. The van der Waals surface area contributed by atoms with Crippen LogP contribution in [0.5, 0.6) is 0 Å². The van der Waals surface area contributed by atoms with E-state index in [1.54, 1.807) is 0 Å². The average molecular weight is 207 g/mol. The molecule has 0 saturated heterocycles. The molecule has 0 unspecified atom stereocenters. The molecular weight excluding hydrogens is 198 g/mol. The first-order valence-electron chi connectivity index (χ1n) is 4.19. The van der Waals surface area contributed by atoms with Crippen molar-refractivity contribution in [2.45, 2.75) is 6.42 Å². The molecule has 0 bridgehead atoms. The first-order chi connectivity index (χ1) is 7.13.